The number of ether oxygens (including phenoxy) is 1. The van der Waals surface area contributed by atoms with Crippen molar-refractivity contribution in [2.24, 2.45) is 0 Å². The zero-order valence-electron chi connectivity index (χ0n) is 8.47. The first-order valence-corrected chi connectivity index (χ1v) is 5.11. The van der Waals surface area contributed by atoms with Crippen LogP contribution in [0.25, 0.3) is 0 Å². The van der Waals surface area contributed by atoms with Crippen LogP contribution in [0, 0.1) is 0 Å². The molecule has 0 radical (unpaired) electrons. The first-order chi connectivity index (χ1) is 5.72. The molecule has 2 nitrogen and oxygen atoms in total. The molecule has 1 fully saturated rings. The van der Waals surface area contributed by atoms with Crippen LogP contribution in [0.2, 0.25) is 0 Å². The second-order valence-corrected chi connectivity index (χ2v) is 3.86. The van der Waals surface area contributed by atoms with Gasteiger partial charge in [0.2, 0.25) is 0 Å². The van der Waals surface area contributed by atoms with Crippen molar-refractivity contribution in [3.8, 4) is 0 Å². The number of piperidine rings is 1. The summed E-state index contributed by atoms with van der Waals surface area (Å²) in [5, 5.41) is 3.42. The summed E-state index contributed by atoms with van der Waals surface area (Å²) in [6, 6.07) is 0.632. The van der Waals surface area contributed by atoms with Gasteiger partial charge < -0.3 is 10.1 Å². The van der Waals surface area contributed by atoms with Crippen LogP contribution in [0.4, 0.5) is 0 Å². The maximum absolute atomic E-state index is 5.87. The fourth-order valence-corrected chi connectivity index (χ4v) is 1.63. The van der Waals surface area contributed by atoms with Gasteiger partial charge in [-0.25, -0.2) is 0 Å². The van der Waals surface area contributed by atoms with E-state index in [0.717, 1.165) is 13.0 Å². The second-order valence-electron chi connectivity index (χ2n) is 3.86. The Balaban J connectivity index is 2.22. The Labute approximate surface area is 75.7 Å². The summed E-state index contributed by atoms with van der Waals surface area (Å²) in [5.41, 5.74) is 0. The molecule has 0 aromatic carbocycles. The van der Waals surface area contributed by atoms with E-state index in [9.17, 15) is 0 Å². The highest BCUT2D eigenvalue weighted by Crippen LogP contribution is 2.14. The van der Waals surface area contributed by atoms with Gasteiger partial charge >= 0.3 is 0 Å². The zero-order valence-corrected chi connectivity index (χ0v) is 8.47. The Morgan fingerprint density at radius 3 is 2.92 bits per heavy atom. The van der Waals surface area contributed by atoms with Gasteiger partial charge in [-0.3, -0.25) is 0 Å². The molecule has 3 unspecified atom stereocenters. The molecule has 1 heterocycles. The summed E-state index contributed by atoms with van der Waals surface area (Å²) < 4.78 is 5.87. The van der Waals surface area contributed by atoms with Crippen molar-refractivity contribution in [2.75, 3.05) is 6.54 Å². The van der Waals surface area contributed by atoms with Crippen molar-refractivity contribution in [2.45, 2.75) is 58.3 Å². The van der Waals surface area contributed by atoms with E-state index in [2.05, 4.69) is 26.1 Å². The molecular formula is C10H21NO. The van der Waals surface area contributed by atoms with Gasteiger partial charge in [-0.1, -0.05) is 6.92 Å². The van der Waals surface area contributed by atoms with Crippen molar-refractivity contribution < 1.29 is 4.74 Å². The van der Waals surface area contributed by atoms with Crippen LogP contribution >= 0.6 is 0 Å². The van der Waals surface area contributed by atoms with Crippen LogP contribution in [0.3, 0.4) is 0 Å². The Kier molecular flexibility index (Phi) is 4.02. The van der Waals surface area contributed by atoms with Gasteiger partial charge in [-0.2, -0.15) is 0 Å². The number of hydrogen-bond donors (Lipinski definition) is 1. The summed E-state index contributed by atoms with van der Waals surface area (Å²) in [6.07, 6.45) is 4.40. The third-order valence-corrected chi connectivity index (χ3v) is 2.58. The molecule has 1 N–H and O–H groups in total. The Bertz CT molecular complexity index is 127. The molecule has 12 heavy (non-hydrogen) atoms. The lowest BCUT2D eigenvalue weighted by molar-refractivity contribution is -0.0250. The zero-order chi connectivity index (χ0) is 8.97. The summed E-state index contributed by atoms with van der Waals surface area (Å²) >= 11 is 0. The summed E-state index contributed by atoms with van der Waals surface area (Å²) in [4.78, 5) is 0. The molecule has 0 aromatic heterocycles. The number of hydrogen-bond acceptors (Lipinski definition) is 2. The quantitative estimate of drug-likeness (QED) is 0.700. The molecule has 0 aromatic rings. The van der Waals surface area contributed by atoms with Gasteiger partial charge in [-0.15, -0.1) is 0 Å². The molecule has 3 atom stereocenters. The molecule has 2 heteroatoms. The standard InChI is InChI=1S/C10H21NO/c1-4-9(3)12-10-5-6-11-8(2)7-10/h8-11H,4-7H2,1-3H3. The first kappa shape index (κ1) is 10.0. The van der Waals surface area contributed by atoms with E-state index < -0.39 is 0 Å². The molecule has 0 aliphatic carbocycles. The van der Waals surface area contributed by atoms with Gasteiger partial charge in [0.25, 0.3) is 0 Å². The van der Waals surface area contributed by atoms with Crippen molar-refractivity contribution in [3.63, 3.8) is 0 Å². The van der Waals surface area contributed by atoms with Crippen LogP contribution < -0.4 is 5.32 Å². The molecule has 0 saturated carbocycles. The minimum absolute atomic E-state index is 0.431. The van der Waals surface area contributed by atoms with Crippen molar-refractivity contribution in [3.05, 3.63) is 0 Å². The van der Waals surface area contributed by atoms with Crippen LogP contribution in [0.5, 0.6) is 0 Å². The van der Waals surface area contributed by atoms with Gasteiger partial charge in [-0.05, 0) is 39.7 Å². The van der Waals surface area contributed by atoms with E-state index in [1.54, 1.807) is 0 Å². The molecule has 0 bridgehead atoms. The SMILES string of the molecule is CCC(C)OC1CCNC(C)C1. The third-order valence-electron chi connectivity index (χ3n) is 2.58. The average Bonchev–Trinajstić information content (AvgIpc) is 2.04. The topological polar surface area (TPSA) is 21.3 Å². The number of rotatable bonds is 3. The number of nitrogens with one attached hydrogen (secondary N) is 1. The van der Waals surface area contributed by atoms with E-state index >= 15 is 0 Å². The Morgan fingerprint density at radius 2 is 2.33 bits per heavy atom. The molecule has 1 aliphatic rings. The van der Waals surface area contributed by atoms with Gasteiger partial charge in [0, 0.05) is 6.04 Å². The maximum Gasteiger partial charge on any atom is 0.0605 e. The highest BCUT2D eigenvalue weighted by atomic mass is 16.5. The lowest BCUT2D eigenvalue weighted by atomic mass is 10.0. The van der Waals surface area contributed by atoms with E-state index in [-0.39, 0.29) is 0 Å². The third kappa shape index (κ3) is 3.11. The van der Waals surface area contributed by atoms with Crippen LogP contribution in [0.1, 0.15) is 40.0 Å². The van der Waals surface area contributed by atoms with Crippen LogP contribution in [-0.2, 0) is 4.74 Å². The molecule has 0 amide bonds. The fourth-order valence-electron chi connectivity index (χ4n) is 1.63. The van der Waals surface area contributed by atoms with Crippen LogP contribution in [-0.4, -0.2) is 24.8 Å². The summed E-state index contributed by atoms with van der Waals surface area (Å²) in [5.74, 6) is 0. The van der Waals surface area contributed by atoms with Crippen LogP contribution in [0.15, 0.2) is 0 Å². The lowest BCUT2D eigenvalue weighted by Crippen LogP contribution is -2.40. The van der Waals surface area contributed by atoms with Crippen molar-refractivity contribution in [1.29, 1.82) is 0 Å². The first-order valence-electron chi connectivity index (χ1n) is 5.11. The Morgan fingerprint density at radius 1 is 1.58 bits per heavy atom. The van der Waals surface area contributed by atoms with E-state index in [0.29, 0.717) is 18.2 Å². The van der Waals surface area contributed by atoms with E-state index in [4.69, 9.17) is 4.74 Å². The average molecular weight is 171 g/mol. The molecule has 1 aliphatic heterocycles. The van der Waals surface area contributed by atoms with Gasteiger partial charge in [0.15, 0.2) is 0 Å². The van der Waals surface area contributed by atoms with Gasteiger partial charge in [0.05, 0.1) is 12.2 Å². The van der Waals surface area contributed by atoms with Gasteiger partial charge in [0.1, 0.15) is 0 Å². The minimum Gasteiger partial charge on any atom is -0.375 e. The molecule has 1 rings (SSSR count). The molecule has 72 valence electrons. The van der Waals surface area contributed by atoms with Crippen molar-refractivity contribution in [1.82, 2.24) is 5.32 Å². The minimum atomic E-state index is 0.431. The monoisotopic (exact) mass is 171 g/mol. The smallest absolute Gasteiger partial charge is 0.0605 e. The summed E-state index contributed by atoms with van der Waals surface area (Å²) in [7, 11) is 0. The molecule has 1 saturated heterocycles. The highest BCUT2D eigenvalue weighted by Gasteiger charge is 2.19. The second kappa shape index (κ2) is 4.83. The largest absolute Gasteiger partial charge is 0.375 e. The molecule has 0 spiro atoms. The fraction of sp³-hybridized carbons (Fsp3) is 1.00. The van der Waals surface area contributed by atoms with E-state index in [1.165, 1.54) is 12.8 Å². The normalized spacial score (nSPS) is 33.2. The molecular weight excluding hydrogens is 150 g/mol. The Hall–Kier alpha value is -0.0800. The lowest BCUT2D eigenvalue weighted by Gasteiger charge is -2.30. The summed E-state index contributed by atoms with van der Waals surface area (Å²) in [6.45, 7) is 7.68. The van der Waals surface area contributed by atoms with Crippen molar-refractivity contribution >= 4 is 0 Å². The predicted molar refractivity (Wildman–Crippen MR) is 51.3 cm³/mol. The highest BCUT2D eigenvalue weighted by molar-refractivity contribution is 4.75. The maximum atomic E-state index is 5.87. The van der Waals surface area contributed by atoms with E-state index in [1.807, 2.05) is 0 Å². The predicted octanol–water partition coefficient (Wildman–Crippen LogP) is 1.94.